The van der Waals surface area contributed by atoms with Crippen LogP contribution in [0, 0.1) is 11.8 Å². The molecule has 0 aliphatic heterocycles. The van der Waals surface area contributed by atoms with Crippen LogP contribution in [0.1, 0.15) is 25.7 Å². The maximum absolute atomic E-state index is 5.43. The van der Waals surface area contributed by atoms with Crippen molar-refractivity contribution in [1.82, 2.24) is 5.32 Å². The summed E-state index contributed by atoms with van der Waals surface area (Å²) in [5, 5.41) is 7.41. The second-order valence-electron chi connectivity index (χ2n) is 5.95. The normalized spacial score (nSPS) is 26.5. The molecule has 2 fully saturated rings. The summed E-state index contributed by atoms with van der Waals surface area (Å²) in [6.07, 6.45) is 5.38. The second-order valence-corrected chi connectivity index (χ2v) is 6.36. The van der Waals surface area contributed by atoms with Gasteiger partial charge in [0.25, 0.3) is 0 Å². The average Bonchev–Trinajstić information content (AvgIpc) is 3.09. The van der Waals surface area contributed by atoms with Gasteiger partial charge < -0.3 is 20.1 Å². The first kappa shape index (κ1) is 14.4. The zero-order valence-corrected chi connectivity index (χ0v) is 13.3. The summed E-state index contributed by atoms with van der Waals surface area (Å²) in [5.74, 6) is 3.14. The highest BCUT2D eigenvalue weighted by molar-refractivity contribution is 7.80. The Kier molecular flexibility index (Phi) is 4.19. The number of methoxy groups -OCH3 is 2. The third-order valence-electron chi connectivity index (χ3n) is 4.70. The van der Waals surface area contributed by atoms with Crippen molar-refractivity contribution in [3.8, 4) is 11.5 Å². The van der Waals surface area contributed by atoms with Gasteiger partial charge in [-0.05, 0) is 55.4 Å². The van der Waals surface area contributed by atoms with Crippen molar-refractivity contribution in [2.45, 2.75) is 31.7 Å². The second kappa shape index (κ2) is 6.10. The minimum atomic E-state index is 0.545. The molecule has 2 aliphatic rings. The van der Waals surface area contributed by atoms with E-state index in [9.17, 15) is 0 Å². The Bertz CT molecular complexity index is 535. The standard InChI is InChI=1S/C16H22N2O2S/c1-19-14-6-5-12(9-15(14)20-2)17-16(21)18-13-8-10-3-4-11(13)7-10/h5-6,9-11,13H,3-4,7-8H2,1-2H3,(H2,17,18,21). The molecule has 114 valence electrons. The van der Waals surface area contributed by atoms with Crippen LogP contribution < -0.4 is 20.1 Å². The van der Waals surface area contributed by atoms with E-state index in [0.29, 0.717) is 16.9 Å². The van der Waals surface area contributed by atoms with Crippen LogP contribution in [0.5, 0.6) is 11.5 Å². The van der Waals surface area contributed by atoms with E-state index in [4.69, 9.17) is 21.7 Å². The van der Waals surface area contributed by atoms with Crippen molar-refractivity contribution in [2.75, 3.05) is 19.5 Å². The van der Waals surface area contributed by atoms with Gasteiger partial charge in [0.15, 0.2) is 16.6 Å². The number of nitrogens with one attached hydrogen (secondary N) is 2. The Morgan fingerprint density at radius 1 is 1.14 bits per heavy atom. The maximum atomic E-state index is 5.43. The van der Waals surface area contributed by atoms with E-state index in [2.05, 4.69) is 10.6 Å². The highest BCUT2D eigenvalue weighted by Gasteiger charge is 2.39. The van der Waals surface area contributed by atoms with Gasteiger partial charge in [0.2, 0.25) is 0 Å². The summed E-state index contributed by atoms with van der Waals surface area (Å²) < 4.78 is 10.5. The van der Waals surface area contributed by atoms with Crippen LogP contribution in [-0.4, -0.2) is 25.4 Å². The number of anilines is 1. The van der Waals surface area contributed by atoms with Gasteiger partial charge in [-0.3, -0.25) is 0 Å². The molecule has 0 aromatic heterocycles. The Morgan fingerprint density at radius 3 is 2.57 bits per heavy atom. The van der Waals surface area contributed by atoms with Crippen molar-refractivity contribution >= 4 is 23.0 Å². The molecule has 21 heavy (non-hydrogen) atoms. The Labute approximate surface area is 131 Å². The molecular formula is C16H22N2O2S. The first-order chi connectivity index (χ1) is 10.2. The predicted octanol–water partition coefficient (Wildman–Crippen LogP) is 3.18. The summed E-state index contributed by atoms with van der Waals surface area (Å²) in [5.41, 5.74) is 0.910. The largest absolute Gasteiger partial charge is 0.493 e. The molecule has 3 unspecified atom stereocenters. The van der Waals surface area contributed by atoms with Gasteiger partial charge in [0.1, 0.15) is 0 Å². The van der Waals surface area contributed by atoms with Crippen molar-refractivity contribution in [3.05, 3.63) is 18.2 Å². The predicted molar refractivity (Wildman–Crippen MR) is 88.1 cm³/mol. The molecule has 0 saturated heterocycles. The highest BCUT2D eigenvalue weighted by Crippen LogP contribution is 2.44. The number of hydrogen-bond acceptors (Lipinski definition) is 3. The molecule has 0 spiro atoms. The number of ether oxygens (including phenoxy) is 2. The molecule has 0 heterocycles. The quantitative estimate of drug-likeness (QED) is 0.836. The molecule has 2 aliphatic carbocycles. The van der Waals surface area contributed by atoms with Gasteiger partial charge in [-0.1, -0.05) is 6.42 Å². The summed E-state index contributed by atoms with van der Waals surface area (Å²) in [6, 6.07) is 6.26. The van der Waals surface area contributed by atoms with Gasteiger partial charge in [-0.15, -0.1) is 0 Å². The fourth-order valence-corrected chi connectivity index (χ4v) is 3.94. The lowest BCUT2D eigenvalue weighted by Gasteiger charge is -2.24. The van der Waals surface area contributed by atoms with Crippen molar-refractivity contribution in [3.63, 3.8) is 0 Å². The minimum Gasteiger partial charge on any atom is -0.493 e. The molecule has 5 heteroatoms. The van der Waals surface area contributed by atoms with E-state index >= 15 is 0 Å². The Morgan fingerprint density at radius 2 is 1.95 bits per heavy atom. The van der Waals surface area contributed by atoms with Crippen LogP contribution in [0.15, 0.2) is 18.2 Å². The van der Waals surface area contributed by atoms with Gasteiger partial charge in [0, 0.05) is 17.8 Å². The molecule has 2 N–H and O–H groups in total. The Hall–Kier alpha value is -1.49. The van der Waals surface area contributed by atoms with E-state index in [1.54, 1.807) is 14.2 Å². The van der Waals surface area contributed by atoms with Crippen LogP contribution in [0.25, 0.3) is 0 Å². The zero-order valence-electron chi connectivity index (χ0n) is 12.5. The van der Waals surface area contributed by atoms with Gasteiger partial charge in [-0.2, -0.15) is 0 Å². The molecule has 0 radical (unpaired) electrons. The first-order valence-electron chi connectivity index (χ1n) is 7.49. The number of fused-ring (bicyclic) bond motifs is 2. The number of thiocarbonyl (C=S) groups is 1. The first-order valence-corrected chi connectivity index (χ1v) is 7.90. The molecule has 3 rings (SSSR count). The van der Waals surface area contributed by atoms with Gasteiger partial charge >= 0.3 is 0 Å². The number of rotatable bonds is 4. The fraction of sp³-hybridized carbons (Fsp3) is 0.562. The van der Waals surface area contributed by atoms with Crippen molar-refractivity contribution in [1.29, 1.82) is 0 Å². The summed E-state index contributed by atoms with van der Waals surface area (Å²) >= 11 is 5.43. The molecule has 3 atom stereocenters. The molecule has 2 saturated carbocycles. The highest BCUT2D eigenvalue weighted by atomic mass is 32.1. The van der Waals surface area contributed by atoms with Crippen molar-refractivity contribution < 1.29 is 9.47 Å². The van der Waals surface area contributed by atoms with Crippen LogP contribution in [0.2, 0.25) is 0 Å². The fourth-order valence-electron chi connectivity index (χ4n) is 3.67. The molecule has 0 amide bonds. The molecule has 2 bridgehead atoms. The Balaban J connectivity index is 1.59. The van der Waals surface area contributed by atoms with E-state index in [0.717, 1.165) is 23.3 Å². The topological polar surface area (TPSA) is 42.5 Å². The lowest BCUT2D eigenvalue weighted by molar-refractivity contribution is 0.355. The van der Waals surface area contributed by atoms with Crippen LogP contribution >= 0.6 is 12.2 Å². The van der Waals surface area contributed by atoms with Crippen LogP contribution in [0.3, 0.4) is 0 Å². The SMILES string of the molecule is COc1ccc(NC(=S)NC2CC3CCC2C3)cc1OC. The van der Waals surface area contributed by atoms with E-state index in [1.165, 1.54) is 25.7 Å². The van der Waals surface area contributed by atoms with Crippen LogP contribution in [-0.2, 0) is 0 Å². The van der Waals surface area contributed by atoms with Crippen LogP contribution in [0.4, 0.5) is 5.69 Å². The van der Waals surface area contributed by atoms with E-state index < -0.39 is 0 Å². The minimum absolute atomic E-state index is 0.545. The molecule has 1 aromatic carbocycles. The molecular weight excluding hydrogens is 284 g/mol. The average molecular weight is 306 g/mol. The number of hydrogen-bond donors (Lipinski definition) is 2. The summed E-state index contributed by atoms with van der Waals surface area (Å²) in [4.78, 5) is 0. The molecule has 4 nitrogen and oxygen atoms in total. The monoisotopic (exact) mass is 306 g/mol. The van der Waals surface area contributed by atoms with Gasteiger partial charge in [0.05, 0.1) is 14.2 Å². The third kappa shape index (κ3) is 3.07. The third-order valence-corrected chi connectivity index (χ3v) is 4.92. The lowest BCUT2D eigenvalue weighted by atomic mass is 9.96. The summed E-state index contributed by atoms with van der Waals surface area (Å²) in [7, 11) is 3.26. The van der Waals surface area contributed by atoms with E-state index in [-0.39, 0.29) is 0 Å². The number of benzene rings is 1. The summed E-state index contributed by atoms with van der Waals surface area (Å²) in [6.45, 7) is 0. The smallest absolute Gasteiger partial charge is 0.171 e. The van der Waals surface area contributed by atoms with E-state index in [1.807, 2.05) is 18.2 Å². The maximum Gasteiger partial charge on any atom is 0.171 e. The lowest BCUT2D eigenvalue weighted by Crippen LogP contribution is -2.40. The zero-order chi connectivity index (χ0) is 14.8. The molecule has 1 aromatic rings. The van der Waals surface area contributed by atoms with Gasteiger partial charge in [-0.25, -0.2) is 0 Å². The van der Waals surface area contributed by atoms with Crippen molar-refractivity contribution in [2.24, 2.45) is 11.8 Å².